The summed E-state index contributed by atoms with van der Waals surface area (Å²) in [6.45, 7) is 8.47. The fraction of sp³-hybridized carbons (Fsp3) is 0.526. The van der Waals surface area contributed by atoms with Crippen LogP contribution in [0.4, 0.5) is 0 Å². The topological polar surface area (TPSA) is 64.4 Å². The maximum atomic E-state index is 13.2. The molecule has 1 amide bonds. The second-order valence-electron chi connectivity index (χ2n) is 6.81. The third-order valence-electron chi connectivity index (χ3n) is 4.69. The predicted molar refractivity (Wildman–Crippen MR) is 96.9 cm³/mol. The molecular weight excluding hydrogens is 318 g/mol. The number of hydrogen-bond donors (Lipinski definition) is 0. The van der Waals surface area contributed by atoms with Crippen molar-refractivity contribution >= 4 is 16.7 Å². The smallest absolute Gasteiger partial charge is 0.274 e. The van der Waals surface area contributed by atoms with E-state index in [4.69, 9.17) is 4.74 Å². The molecule has 2 heterocycles. The number of nitrogens with zero attached hydrogens (tertiary/aromatic N) is 3. The number of rotatable bonds is 5. The highest BCUT2D eigenvalue weighted by molar-refractivity contribution is 6.04. The molecule has 0 radical (unpaired) electrons. The maximum Gasteiger partial charge on any atom is 0.274 e. The zero-order chi connectivity index (χ0) is 18.0. The van der Waals surface area contributed by atoms with Crippen LogP contribution in [-0.2, 0) is 4.74 Å². The number of hydrogen-bond acceptors (Lipinski definition) is 4. The van der Waals surface area contributed by atoms with Gasteiger partial charge in [0.25, 0.3) is 11.5 Å². The number of ether oxygens (including phenoxy) is 1. The number of fused-ring (bicyclic) bond motifs is 1. The summed E-state index contributed by atoms with van der Waals surface area (Å²) in [5, 5.41) is 5.58. The second-order valence-corrected chi connectivity index (χ2v) is 6.81. The van der Waals surface area contributed by atoms with Crippen LogP contribution in [-0.4, -0.2) is 46.9 Å². The fourth-order valence-corrected chi connectivity index (χ4v) is 3.26. The first-order chi connectivity index (χ1) is 12.0. The summed E-state index contributed by atoms with van der Waals surface area (Å²) in [6, 6.07) is 7.10. The van der Waals surface area contributed by atoms with Gasteiger partial charge in [-0.3, -0.25) is 9.59 Å². The minimum atomic E-state index is -0.158. The first-order valence-corrected chi connectivity index (χ1v) is 8.91. The summed E-state index contributed by atoms with van der Waals surface area (Å²) in [7, 11) is 0. The fourth-order valence-electron chi connectivity index (χ4n) is 3.26. The number of carbonyl (C=O) groups is 1. The molecule has 25 heavy (non-hydrogen) atoms. The van der Waals surface area contributed by atoms with Crippen LogP contribution >= 0.6 is 0 Å². The van der Waals surface area contributed by atoms with Crippen molar-refractivity contribution in [3.8, 4) is 0 Å². The molecular formula is C19H25N3O3. The van der Waals surface area contributed by atoms with Crippen molar-refractivity contribution in [1.82, 2.24) is 14.7 Å². The van der Waals surface area contributed by atoms with Gasteiger partial charge in [-0.25, -0.2) is 4.68 Å². The van der Waals surface area contributed by atoms with E-state index >= 15 is 0 Å². The minimum absolute atomic E-state index is 0.109. The Bertz CT molecular complexity index is 822. The van der Waals surface area contributed by atoms with E-state index in [2.05, 4.69) is 5.10 Å². The highest BCUT2D eigenvalue weighted by Crippen LogP contribution is 2.19. The molecule has 1 aromatic heterocycles. The van der Waals surface area contributed by atoms with Gasteiger partial charge in [0, 0.05) is 31.0 Å². The van der Waals surface area contributed by atoms with Gasteiger partial charge in [0.2, 0.25) is 0 Å². The van der Waals surface area contributed by atoms with E-state index in [0.29, 0.717) is 42.1 Å². The SMILES string of the molecule is CCN(C[C@@H]1CCOC1)C(=O)c1nn(C(C)C)c(=O)c2ccccc12. The van der Waals surface area contributed by atoms with Gasteiger partial charge in [-0.2, -0.15) is 5.10 Å². The maximum absolute atomic E-state index is 13.2. The lowest BCUT2D eigenvalue weighted by molar-refractivity contribution is 0.0724. The lowest BCUT2D eigenvalue weighted by atomic mass is 10.1. The predicted octanol–water partition coefficient (Wildman–Crippen LogP) is 2.48. The molecule has 1 aliphatic heterocycles. The van der Waals surface area contributed by atoms with Crippen LogP contribution < -0.4 is 5.56 Å². The number of carbonyl (C=O) groups excluding carboxylic acids is 1. The summed E-state index contributed by atoms with van der Waals surface area (Å²) in [5.41, 5.74) is 0.194. The summed E-state index contributed by atoms with van der Waals surface area (Å²) < 4.78 is 6.83. The Balaban J connectivity index is 2.05. The summed E-state index contributed by atoms with van der Waals surface area (Å²) in [5.74, 6) is 0.242. The Morgan fingerprint density at radius 3 is 2.68 bits per heavy atom. The lowest BCUT2D eigenvalue weighted by Gasteiger charge is -2.24. The van der Waals surface area contributed by atoms with E-state index in [1.165, 1.54) is 4.68 Å². The number of amides is 1. The van der Waals surface area contributed by atoms with Gasteiger partial charge >= 0.3 is 0 Å². The molecule has 3 rings (SSSR count). The largest absolute Gasteiger partial charge is 0.381 e. The van der Waals surface area contributed by atoms with Crippen molar-refractivity contribution in [3.63, 3.8) is 0 Å². The highest BCUT2D eigenvalue weighted by atomic mass is 16.5. The molecule has 6 nitrogen and oxygen atoms in total. The van der Waals surface area contributed by atoms with Crippen LogP contribution in [0.2, 0.25) is 0 Å². The Hall–Kier alpha value is -2.21. The van der Waals surface area contributed by atoms with Gasteiger partial charge in [-0.1, -0.05) is 18.2 Å². The molecule has 1 aromatic carbocycles. The van der Waals surface area contributed by atoms with E-state index in [1.54, 1.807) is 12.1 Å². The number of benzene rings is 1. The van der Waals surface area contributed by atoms with Crippen molar-refractivity contribution in [2.75, 3.05) is 26.3 Å². The number of aromatic nitrogens is 2. The first kappa shape index (κ1) is 17.6. The normalized spacial score (nSPS) is 17.4. The van der Waals surface area contributed by atoms with Gasteiger partial charge in [0.1, 0.15) is 0 Å². The quantitative estimate of drug-likeness (QED) is 0.837. The van der Waals surface area contributed by atoms with Gasteiger partial charge in [0.15, 0.2) is 5.69 Å². The van der Waals surface area contributed by atoms with Crippen molar-refractivity contribution in [3.05, 3.63) is 40.3 Å². The Kier molecular flexibility index (Phi) is 5.18. The zero-order valence-electron chi connectivity index (χ0n) is 15.1. The van der Waals surface area contributed by atoms with Crippen LogP contribution in [0.5, 0.6) is 0 Å². The van der Waals surface area contributed by atoms with E-state index in [0.717, 1.165) is 13.0 Å². The Labute approximate surface area is 147 Å². The van der Waals surface area contributed by atoms with Gasteiger partial charge in [-0.05, 0) is 33.3 Å². The average Bonchev–Trinajstić information content (AvgIpc) is 3.12. The molecule has 0 spiro atoms. The van der Waals surface area contributed by atoms with Crippen LogP contribution in [0.3, 0.4) is 0 Å². The van der Waals surface area contributed by atoms with E-state index in [-0.39, 0.29) is 17.5 Å². The van der Waals surface area contributed by atoms with Crippen molar-refractivity contribution in [1.29, 1.82) is 0 Å². The van der Waals surface area contributed by atoms with Gasteiger partial charge in [-0.15, -0.1) is 0 Å². The zero-order valence-corrected chi connectivity index (χ0v) is 15.1. The van der Waals surface area contributed by atoms with Gasteiger partial charge in [0.05, 0.1) is 18.0 Å². The highest BCUT2D eigenvalue weighted by Gasteiger charge is 2.25. The first-order valence-electron chi connectivity index (χ1n) is 8.91. The monoisotopic (exact) mass is 343 g/mol. The molecule has 1 fully saturated rings. The molecule has 1 aliphatic rings. The lowest BCUT2D eigenvalue weighted by Crippen LogP contribution is -2.38. The third-order valence-corrected chi connectivity index (χ3v) is 4.69. The van der Waals surface area contributed by atoms with E-state index in [9.17, 15) is 9.59 Å². The minimum Gasteiger partial charge on any atom is -0.381 e. The third kappa shape index (κ3) is 3.44. The molecule has 1 saturated heterocycles. The van der Waals surface area contributed by atoms with Crippen molar-refractivity contribution in [2.24, 2.45) is 5.92 Å². The molecule has 0 unspecified atom stereocenters. The standard InChI is InChI=1S/C19H25N3O3/c1-4-21(11-14-9-10-25-12-14)19(24)17-15-7-5-6-8-16(15)18(23)22(20-17)13(2)3/h5-8,13-14H,4,9-12H2,1-3H3/t14-/m0/s1. The molecule has 0 N–H and O–H groups in total. The van der Waals surface area contributed by atoms with Crippen LogP contribution in [0, 0.1) is 5.92 Å². The molecule has 1 atom stereocenters. The Morgan fingerprint density at radius 1 is 1.36 bits per heavy atom. The van der Waals surface area contributed by atoms with Crippen LogP contribution in [0.1, 0.15) is 43.7 Å². The molecule has 134 valence electrons. The van der Waals surface area contributed by atoms with E-state index in [1.807, 2.05) is 37.8 Å². The summed E-state index contributed by atoms with van der Waals surface area (Å²) >= 11 is 0. The van der Waals surface area contributed by atoms with Crippen molar-refractivity contribution in [2.45, 2.75) is 33.2 Å². The van der Waals surface area contributed by atoms with Crippen LogP contribution in [0.25, 0.3) is 10.8 Å². The second kappa shape index (κ2) is 7.35. The Morgan fingerprint density at radius 2 is 2.08 bits per heavy atom. The molecule has 0 bridgehead atoms. The van der Waals surface area contributed by atoms with E-state index < -0.39 is 0 Å². The molecule has 6 heteroatoms. The molecule has 0 saturated carbocycles. The van der Waals surface area contributed by atoms with Crippen molar-refractivity contribution < 1.29 is 9.53 Å². The van der Waals surface area contributed by atoms with Crippen LogP contribution in [0.15, 0.2) is 29.1 Å². The summed E-state index contributed by atoms with van der Waals surface area (Å²) in [4.78, 5) is 27.6. The summed E-state index contributed by atoms with van der Waals surface area (Å²) in [6.07, 6.45) is 0.976. The van der Waals surface area contributed by atoms with Gasteiger partial charge < -0.3 is 9.64 Å². The molecule has 2 aromatic rings. The average molecular weight is 343 g/mol. The molecule has 0 aliphatic carbocycles.